The first-order chi connectivity index (χ1) is 8.84. The third kappa shape index (κ3) is 3.69. The fraction of sp³-hybridized carbons (Fsp3) is 0.538. The lowest BCUT2D eigenvalue weighted by molar-refractivity contribution is 0.281. The highest BCUT2D eigenvalue weighted by Gasteiger charge is 2.27. The lowest BCUT2D eigenvalue weighted by Crippen LogP contribution is -2.35. The second kappa shape index (κ2) is 6.70. The number of hydrogen-bond donors (Lipinski definition) is 1. The van der Waals surface area contributed by atoms with Crippen molar-refractivity contribution in [2.45, 2.75) is 44.2 Å². The highest BCUT2D eigenvalue weighted by molar-refractivity contribution is 7.89. The van der Waals surface area contributed by atoms with Gasteiger partial charge in [-0.2, -0.15) is 4.31 Å². The minimum atomic E-state index is -3.63. The van der Waals surface area contributed by atoms with Crippen LogP contribution in [0.4, 0.5) is 0 Å². The first-order valence-corrected chi connectivity index (χ1v) is 8.03. The molecule has 0 aliphatic rings. The predicted molar refractivity (Wildman–Crippen MR) is 76.7 cm³/mol. The molecule has 0 saturated carbocycles. The van der Waals surface area contributed by atoms with Crippen molar-refractivity contribution in [3.05, 3.63) is 28.8 Å². The van der Waals surface area contributed by atoms with Gasteiger partial charge < -0.3 is 5.11 Å². The maximum Gasteiger partial charge on any atom is 0.244 e. The summed E-state index contributed by atoms with van der Waals surface area (Å²) in [5, 5.41) is 9.27. The molecule has 19 heavy (non-hydrogen) atoms. The van der Waals surface area contributed by atoms with Gasteiger partial charge in [0.05, 0.1) is 11.6 Å². The van der Waals surface area contributed by atoms with Crippen molar-refractivity contribution < 1.29 is 13.5 Å². The Hall–Kier alpha value is -0.620. The zero-order valence-electron chi connectivity index (χ0n) is 11.4. The Labute approximate surface area is 120 Å². The molecule has 0 aromatic heterocycles. The van der Waals surface area contributed by atoms with Gasteiger partial charge in [-0.1, -0.05) is 31.0 Å². The highest BCUT2D eigenvalue weighted by Crippen LogP contribution is 2.27. The topological polar surface area (TPSA) is 57.6 Å². The van der Waals surface area contributed by atoms with Crippen molar-refractivity contribution in [3.63, 3.8) is 0 Å². The molecular formula is C13H20ClNO3S. The molecule has 0 radical (unpaired) electrons. The summed E-state index contributed by atoms with van der Waals surface area (Å²) in [5.41, 5.74) is 0.527. The van der Waals surface area contributed by atoms with E-state index in [2.05, 4.69) is 0 Å². The molecule has 0 heterocycles. The molecule has 1 unspecified atom stereocenters. The third-order valence-corrected chi connectivity index (χ3v) is 5.62. The van der Waals surface area contributed by atoms with Crippen LogP contribution >= 0.6 is 11.6 Å². The van der Waals surface area contributed by atoms with Crippen molar-refractivity contribution in [2.24, 2.45) is 0 Å². The standard InChI is InChI=1S/C13H20ClNO3S/c1-4-5-10(2)15(3)19(17,18)13-8-11(9-16)6-7-12(13)14/h6-8,10,16H,4-5,9H2,1-3H3. The lowest BCUT2D eigenvalue weighted by Gasteiger charge is -2.24. The predicted octanol–water partition coefficient (Wildman–Crippen LogP) is 2.64. The van der Waals surface area contributed by atoms with Crippen LogP contribution in [0.1, 0.15) is 32.3 Å². The first kappa shape index (κ1) is 16.4. The van der Waals surface area contributed by atoms with Crippen LogP contribution in [-0.4, -0.2) is 30.9 Å². The second-order valence-electron chi connectivity index (χ2n) is 4.58. The molecular weight excluding hydrogens is 286 g/mol. The average Bonchev–Trinajstić information content (AvgIpc) is 2.38. The molecule has 4 nitrogen and oxygen atoms in total. The van der Waals surface area contributed by atoms with Crippen molar-refractivity contribution in [1.82, 2.24) is 4.31 Å². The summed E-state index contributed by atoms with van der Waals surface area (Å²) in [6.07, 6.45) is 1.69. The number of sulfonamides is 1. The summed E-state index contributed by atoms with van der Waals surface area (Å²) < 4.78 is 26.3. The van der Waals surface area contributed by atoms with Crippen LogP contribution in [0.15, 0.2) is 23.1 Å². The van der Waals surface area contributed by atoms with Gasteiger partial charge in [-0.25, -0.2) is 8.42 Å². The molecule has 0 aliphatic heterocycles. The van der Waals surface area contributed by atoms with Crippen molar-refractivity contribution >= 4 is 21.6 Å². The maximum atomic E-state index is 12.5. The first-order valence-electron chi connectivity index (χ1n) is 6.21. The SMILES string of the molecule is CCCC(C)N(C)S(=O)(=O)c1cc(CO)ccc1Cl. The highest BCUT2D eigenvalue weighted by atomic mass is 35.5. The van der Waals surface area contributed by atoms with E-state index in [0.717, 1.165) is 12.8 Å². The van der Waals surface area contributed by atoms with Gasteiger partial charge in [-0.05, 0) is 31.0 Å². The van der Waals surface area contributed by atoms with Crippen LogP contribution in [0.2, 0.25) is 5.02 Å². The molecule has 108 valence electrons. The van der Waals surface area contributed by atoms with E-state index in [-0.39, 0.29) is 22.6 Å². The Kier molecular flexibility index (Phi) is 5.80. The lowest BCUT2D eigenvalue weighted by atomic mass is 10.2. The molecule has 1 aromatic carbocycles. The number of hydrogen-bond acceptors (Lipinski definition) is 3. The molecule has 0 saturated heterocycles. The van der Waals surface area contributed by atoms with E-state index in [1.54, 1.807) is 13.1 Å². The Balaban J connectivity index is 3.19. The Morgan fingerprint density at radius 2 is 2.05 bits per heavy atom. The zero-order valence-corrected chi connectivity index (χ0v) is 13.0. The molecule has 1 aromatic rings. The van der Waals surface area contributed by atoms with E-state index in [1.807, 2.05) is 13.8 Å². The molecule has 1 rings (SSSR count). The van der Waals surface area contributed by atoms with Gasteiger partial charge in [-0.15, -0.1) is 0 Å². The quantitative estimate of drug-likeness (QED) is 0.879. The van der Waals surface area contributed by atoms with E-state index in [4.69, 9.17) is 16.7 Å². The van der Waals surface area contributed by atoms with Crippen LogP contribution in [0.5, 0.6) is 0 Å². The number of aliphatic hydroxyl groups excluding tert-OH is 1. The van der Waals surface area contributed by atoms with Gasteiger partial charge in [0.15, 0.2) is 0 Å². The fourth-order valence-corrected chi connectivity index (χ4v) is 3.75. The molecule has 6 heteroatoms. The van der Waals surface area contributed by atoms with Crippen LogP contribution in [0.3, 0.4) is 0 Å². The molecule has 0 fully saturated rings. The minimum absolute atomic E-state index is 0.0474. The summed E-state index contributed by atoms with van der Waals surface area (Å²) in [7, 11) is -2.08. The van der Waals surface area contributed by atoms with Crippen LogP contribution < -0.4 is 0 Å². The third-order valence-electron chi connectivity index (χ3n) is 3.16. The number of halogens is 1. The van der Waals surface area contributed by atoms with Gasteiger partial charge in [0.25, 0.3) is 0 Å². The van der Waals surface area contributed by atoms with E-state index in [9.17, 15) is 8.42 Å². The zero-order chi connectivity index (χ0) is 14.6. The maximum absolute atomic E-state index is 12.5. The summed E-state index contributed by atoms with van der Waals surface area (Å²) in [6, 6.07) is 4.44. The normalized spacial score (nSPS) is 13.8. The molecule has 1 atom stereocenters. The summed E-state index contributed by atoms with van der Waals surface area (Å²) in [4.78, 5) is 0.0474. The number of rotatable bonds is 6. The van der Waals surface area contributed by atoms with E-state index >= 15 is 0 Å². The van der Waals surface area contributed by atoms with Gasteiger partial charge in [0.1, 0.15) is 4.90 Å². The number of aliphatic hydroxyl groups is 1. The van der Waals surface area contributed by atoms with Crippen molar-refractivity contribution in [3.8, 4) is 0 Å². The van der Waals surface area contributed by atoms with Gasteiger partial charge in [0.2, 0.25) is 10.0 Å². The van der Waals surface area contributed by atoms with Crippen LogP contribution in [0.25, 0.3) is 0 Å². The Bertz CT molecular complexity index is 531. The molecule has 0 aliphatic carbocycles. The Morgan fingerprint density at radius 3 is 2.58 bits per heavy atom. The monoisotopic (exact) mass is 305 g/mol. The molecule has 1 N–H and O–H groups in total. The molecule has 0 amide bonds. The van der Waals surface area contributed by atoms with Gasteiger partial charge in [-0.3, -0.25) is 0 Å². The van der Waals surface area contributed by atoms with Crippen molar-refractivity contribution in [2.75, 3.05) is 7.05 Å². The van der Waals surface area contributed by atoms with E-state index < -0.39 is 10.0 Å². The molecule has 0 spiro atoms. The largest absolute Gasteiger partial charge is 0.392 e. The number of nitrogens with zero attached hydrogens (tertiary/aromatic N) is 1. The van der Waals surface area contributed by atoms with E-state index in [1.165, 1.54) is 16.4 Å². The molecule has 0 bridgehead atoms. The fourth-order valence-electron chi connectivity index (χ4n) is 1.84. The van der Waals surface area contributed by atoms with Gasteiger partial charge in [0, 0.05) is 13.1 Å². The van der Waals surface area contributed by atoms with E-state index in [0.29, 0.717) is 5.56 Å². The van der Waals surface area contributed by atoms with Crippen LogP contribution in [0, 0.1) is 0 Å². The minimum Gasteiger partial charge on any atom is -0.392 e. The average molecular weight is 306 g/mol. The summed E-state index contributed by atoms with van der Waals surface area (Å²) in [6.45, 7) is 3.66. The Morgan fingerprint density at radius 1 is 1.42 bits per heavy atom. The van der Waals surface area contributed by atoms with Crippen LogP contribution in [-0.2, 0) is 16.6 Å². The van der Waals surface area contributed by atoms with Gasteiger partial charge >= 0.3 is 0 Å². The smallest absolute Gasteiger partial charge is 0.244 e. The second-order valence-corrected chi connectivity index (χ2v) is 6.95. The number of benzene rings is 1. The summed E-state index contributed by atoms with van der Waals surface area (Å²) in [5.74, 6) is 0. The van der Waals surface area contributed by atoms with Crippen molar-refractivity contribution in [1.29, 1.82) is 0 Å². The summed E-state index contributed by atoms with van der Waals surface area (Å²) >= 11 is 5.98.